The first kappa shape index (κ1) is 11.1. The minimum atomic E-state index is -1.14. The first-order valence-corrected chi connectivity index (χ1v) is 5.11. The van der Waals surface area contributed by atoms with Gasteiger partial charge >= 0.3 is 5.97 Å². The molecule has 1 heterocycles. The molecule has 4 nitrogen and oxygen atoms in total. The minimum absolute atomic E-state index is 0.103. The van der Waals surface area contributed by atoms with Crippen molar-refractivity contribution in [2.75, 3.05) is 0 Å². The van der Waals surface area contributed by atoms with Crippen LogP contribution >= 0.6 is 0 Å². The predicted molar refractivity (Wildman–Crippen MR) is 64.2 cm³/mol. The molecule has 0 radical (unpaired) electrons. The molecule has 2 rings (SSSR count). The lowest BCUT2D eigenvalue weighted by atomic mass is 10.1. The minimum Gasteiger partial charge on any atom is -0.477 e. The molecule has 2 N–H and O–H groups in total. The second-order valence-electron chi connectivity index (χ2n) is 3.82. The van der Waals surface area contributed by atoms with Crippen LogP contribution in [0.4, 0.5) is 0 Å². The van der Waals surface area contributed by atoms with Crippen LogP contribution in [-0.2, 0) is 0 Å². The fourth-order valence-corrected chi connectivity index (χ4v) is 1.63. The van der Waals surface area contributed by atoms with Crippen LogP contribution in [0.15, 0.2) is 41.2 Å². The number of nitrogens with one attached hydrogen (secondary N) is 1. The van der Waals surface area contributed by atoms with E-state index in [4.69, 9.17) is 5.11 Å². The summed E-state index contributed by atoms with van der Waals surface area (Å²) < 4.78 is 0. The molecule has 0 bridgehead atoms. The average Bonchev–Trinajstić information content (AvgIpc) is 2.28. The number of aromatic amines is 1. The number of aromatic nitrogens is 1. The highest BCUT2D eigenvalue weighted by Crippen LogP contribution is 2.16. The monoisotopic (exact) mass is 229 g/mol. The highest BCUT2D eigenvalue weighted by Gasteiger charge is 2.07. The van der Waals surface area contributed by atoms with Crippen molar-refractivity contribution in [3.63, 3.8) is 0 Å². The van der Waals surface area contributed by atoms with E-state index in [9.17, 15) is 9.59 Å². The summed E-state index contributed by atoms with van der Waals surface area (Å²) in [5.41, 5.74) is 1.93. The van der Waals surface area contributed by atoms with Gasteiger partial charge in [0, 0.05) is 17.8 Å². The fourth-order valence-electron chi connectivity index (χ4n) is 1.63. The van der Waals surface area contributed by atoms with Crippen molar-refractivity contribution in [3.8, 4) is 11.3 Å². The summed E-state index contributed by atoms with van der Waals surface area (Å²) in [4.78, 5) is 25.0. The van der Waals surface area contributed by atoms with E-state index < -0.39 is 5.97 Å². The van der Waals surface area contributed by atoms with Crippen LogP contribution in [-0.4, -0.2) is 16.1 Å². The van der Waals surface area contributed by atoms with Crippen molar-refractivity contribution >= 4 is 5.97 Å². The van der Waals surface area contributed by atoms with Crippen LogP contribution in [0.25, 0.3) is 11.3 Å². The van der Waals surface area contributed by atoms with Gasteiger partial charge in [-0.25, -0.2) is 4.79 Å². The zero-order chi connectivity index (χ0) is 12.4. The number of pyridine rings is 1. The zero-order valence-corrected chi connectivity index (χ0v) is 9.23. The fraction of sp³-hybridized carbons (Fsp3) is 0.0769. The van der Waals surface area contributed by atoms with Crippen LogP contribution in [0.3, 0.4) is 0 Å². The summed E-state index contributed by atoms with van der Waals surface area (Å²) in [5.74, 6) is -1.14. The molecule has 86 valence electrons. The molecule has 0 aliphatic rings. The van der Waals surface area contributed by atoms with E-state index in [1.807, 2.05) is 31.2 Å². The van der Waals surface area contributed by atoms with E-state index in [-0.39, 0.29) is 11.1 Å². The van der Waals surface area contributed by atoms with Gasteiger partial charge in [-0.05, 0) is 18.6 Å². The number of carboxylic acid groups (broad SMARTS) is 1. The first-order valence-electron chi connectivity index (χ1n) is 5.11. The molecule has 0 saturated carbocycles. The summed E-state index contributed by atoms with van der Waals surface area (Å²) in [5, 5.41) is 8.87. The highest BCUT2D eigenvalue weighted by molar-refractivity contribution is 5.86. The Morgan fingerprint density at radius 1 is 1.24 bits per heavy atom. The average molecular weight is 229 g/mol. The molecule has 4 heteroatoms. The number of carboxylic acids is 1. The molecule has 0 atom stereocenters. The van der Waals surface area contributed by atoms with Crippen molar-refractivity contribution in [1.82, 2.24) is 4.98 Å². The molecule has 0 saturated heterocycles. The number of benzene rings is 1. The number of H-pyrrole nitrogens is 1. The van der Waals surface area contributed by atoms with Crippen LogP contribution in [0.1, 0.15) is 16.1 Å². The summed E-state index contributed by atoms with van der Waals surface area (Å²) in [6.45, 7) is 1.93. The Balaban J connectivity index is 2.60. The largest absolute Gasteiger partial charge is 0.477 e. The van der Waals surface area contributed by atoms with Crippen molar-refractivity contribution in [2.24, 2.45) is 0 Å². The molecular formula is C13H11NO3. The lowest BCUT2D eigenvalue weighted by Crippen LogP contribution is -2.09. The Labute approximate surface area is 97.6 Å². The molecule has 0 amide bonds. The molecule has 0 fully saturated rings. The van der Waals surface area contributed by atoms with Gasteiger partial charge in [-0.3, -0.25) is 4.79 Å². The second kappa shape index (κ2) is 4.25. The van der Waals surface area contributed by atoms with Gasteiger partial charge in [-0.2, -0.15) is 0 Å². The quantitative estimate of drug-likeness (QED) is 0.827. The maximum Gasteiger partial charge on any atom is 0.352 e. The summed E-state index contributed by atoms with van der Waals surface area (Å²) in [6.07, 6.45) is 0. The van der Waals surface area contributed by atoms with E-state index >= 15 is 0 Å². The SMILES string of the molecule is Cc1cccc(-c2cc(=O)cc(C(=O)O)[nH]2)c1. The molecule has 0 unspecified atom stereocenters. The summed E-state index contributed by atoms with van der Waals surface area (Å²) in [6, 6.07) is 9.96. The van der Waals surface area contributed by atoms with Gasteiger partial charge in [-0.15, -0.1) is 0 Å². The van der Waals surface area contributed by atoms with E-state index in [0.29, 0.717) is 5.69 Å². The van der Waals surface area contributed by atoms with Crippen molar-refractivity contribution < 1.29 is 9.90 Å². The first-order chi connectivity index (χ1) is 8.06. The van der Waals surface area contributed by atoms with E-state index in [1.165, 1.54) is 6.07 Å². The number of aromatic carboxylic acids is 1. The number of rotatable bonds is 2. The van der Waals surface area contributed by atoms with Gasteiger partial charge in [-0.1, -0.05) is 23.8 Å². The molecule has 0 aliphatic heterocycles. The predicted octanol–water partition coefficient (Wildman–Crippen LogP) is 2.05. The Morgan fingerprint density at radius 2 is 2.00 bits per heavy atom. The van der Waals surface area contributed by atoms with Gasteiger partial charge in [0.25, 0.3) is 0 Å². The van der Waals surface area contributed by atoms with Crippen LogP contribution in [0.2, 0.25) is 0 Å². The van der Waals surface area contributed by atoms with Gasteiger partial charge in [0.2, 0.25) is 0 Å². The van der Waals surface area contributed by atoms with Crippen molar-refractivity contribution in [3.05, 3.63) is 57.9 Å². The third-order valence-electron chi connectivity index (χ3n) is 2.40. The topological polar surface area (TPSA) is 70.2 Å². The number of hydrogen-bond acceptors (Lipinski definition) is 2. The Hall–Kier alpha value is -2.36. The summed E-state index contributed by atoms with van der Waals surface area (Å²) in [7, 11) is 0. The maximum atomic E-state index is 11.4. The molecule has 0 spiro atoms. The standard InChI is InChI=1S/C13H11NO3/c1-8-3-2-4-9(5-8)11-6-10(15)7-12(14-11)13(16)17/h2-7H,1H3,(H,14,15)(H,16,17). The molecule has 17 heavy (non-hydrogen) atoms. The van der Waals surface area contributed by atoms with E-state index in [2.05, 4.69) is 4.98 Å². The molecule has 0 aliphatic carbocycles. The highest BCUT2D eigenvalue weighted by atomic mass is 16.4. The van der Waals surface area contributed by atoms with Crippen LogP contribution in [0, 0.1) is 6.92 Å². The third kappa shape index (κ3) is 2.42. The lowest BCUT2D eigenvalue weighted by Gasteiger charge is -2.04. The zero-order valence-electron chi connectivity index (χ0n) is 9.23. The Kier molecular flexibility index (Phi) is 2.78. The van der Waals surface area contributed by atoms with Crippen molar-refractivity contribution in [1.29, 1.82) is 0 Å². The van der Waals surface area contributed by atoms with E-state index in [0.717, 1.165) is 17.2 Å². The smallest absolute Gasteiger partial charge is 0.352 e. The van der Waals surface area contributed by atoms with E-state index in [1.54, 1.807) is 0 Å². The number of hydrogen-bond donors (Lipinski definition) is 2. The normalized spacial score (nSPS) is 10.2. The molecule has 2 aromatic rings. The third-order valence-corrected chi connectivity index (χ3v) is 2.40. The Bertz CT molecular complexity index is 629. The van der Waals surface area contributed by atoms with Gasteiger partial charge < -0.3 is 10.1 Å². The van der Waals surface area contributed by atoms with Crippen molar-refractivity contribution in [2.45, 2.75) is 6.92 Å². The Morgan fingerprint density at radius 3 is 2.65 bits per heavy atom. The van der Waals surface area contributed by atoms with Crippen LogP contribution in [0.5, 0.6) is 0 Å². The second-order valence-corrected chi connectivity index (χ2v) is 3.82. The number of aryl methyl sites for hydroxylation is 1. The molecule has 1 aromatic heterocycles. The lowest BCUT2D eigenvalue weighted by molar-refractivity contribution is 0.0690. The summed E-state index contributed by atoms with van der Waals surface area (Å²) >= 11 is 0. The van der Waals surface area contributed by atoms with Gasteiger partial charge in [0.05, 0.1) is 0 Å². The molecule has 1 aromatic carbocycles. The maximum absolute atomic E-state index is 11.4. The van der Waals surface area contributed by atoms with Crippen LogP contribution < -0.4 is 5.43 Å². The van der Waals surface area contributed by atoms with Gasteiger partial charge in [0.1, 0.15) is 5.69 Å². The van der Waals surface area contributed by atoms with Gasteiger partial charge in [0.15, 0.2) is 5.43 Å². The molecular weight excluding hydrogens is 218 g/mol. The number of carbonyl (C=O) groups is 1.